The molecule has 1 fully saturated rings. The summed E-state index contributed by atoms with van der Waals surface area (Å²) in [5.41, 5.74) is 0.789. The quantitative estimate of drug-likeness (QED) is 0.634. The summed E-state index contributed by atoms with van der Waals surface area (Å²) in [4.78, 5) is 12.1. The molecule has 1 amide bonds. The molecule has 6 nitrogen and oxygen atoms in total. The zero-order chi connectivity index (χ0) is 19.3. The summed E-state index contributed by atoms with van der Waals surface area (Å²) in [6, 6.07) is 10.7. The molecule has 1 aliphatic heterocycles. The number of hydrogen-bond acceptors (Lipinski definition) is 4. The van der Waals surface area contributed by atoms with E-state index in [-0.39, 0.29) is 23.2 Å². The minimum Gasteiger partial charge on any atom is -0.352 e. The number of rotatable bonds is 7. The lowest BCUT2D eigenvalue weighted by Crippen LogP contribution is -2.26. The molecular formula is C19H23ClFN3O3S. The van der Waals surface area contributed by atoms with Crippen molar-refractivity contribution < 1.29 is 17.6 Å². The molecule has 1 saturated heterocycles. The smallest absolute Gasteiger partial charge is 0.261 e. The lowest BCUT2D eigenvalue weighted by Gasteiger charge is -2.11. The average Bonchev–Trinajstić information content (AvgIpc) is 3.16. The third-order valence-corrected chi connectivity index (χ3v) is 5.92. The Morgan fingerprint density at radius 3 is 2.39 bits per heavy atom. The normalized spacial score (nSPS) is 16.2. The van der Waals surface area contributed by atoms with Gasteiger partial charge in [-0.15, -0.1) is 12.4 Å². The summed E-state index contributed by atoms with van der Waals surface area (Å²) in [7, 11) is -3.81. The molecule has 0 aliphatic carbocycles. The zero-order valence-corrected chi connectivity index (χ0v) is 16.8. The molecule has 0 bridgehead atoms. The van der Waals surface area contributed by atoms with Gasteiger partial charge in [0, 0.05) is 17.8 Å². The molecule has 152 valence electrons. The lowest BCUT2D eigenvalue weighted by molar-refractivity contribution is 0.0951. The molecule has 1 atom stereocenters. The fourth-order valence-corrected chi connectivity index (χ4v) is 4.03. The van der Waals surface area contributed by atoms with Crippen molar-refractivity contribution >= 4 is 34.0 Å². The molecule has 2 aromatic carbocycles. The summed E-state index contributed by atoms with van der Waals surface area (Å²) in [6.45, 7) is 2.65. The molecule has 1 heterocycles. The van der Waals surface area contributed by atoms with Gasteiger partial charge in [-0.3, -0.25) is 9.52 Å². The van der Waals surface area contributed by atoms with Crippen molar-refractivity contribution in [3.05, 3.63) is 59.9 Å². The highest BCUT2D eigenvalue weighted by molar-refractivity contribution is 7.92. The minimum absolute atomic E-state index is 0. The lowest BCUT2D eigenvalue weighted by atomic mass is 10.1. The second-order valence-corrected chi connectivity index (χ2v) is 8.22. The highest BCUT2D eigenvalue weighted by Crippen LogP contribution is 2.17. The van der Waals surface area contributed by atoms with Crippen LogP contribution in [0.1, 0.15) is 23.2 Å². The molecule has 3 rings (SSSR count). The van der Waals surface area contributed by atoms with E-state index in [0.717, 1.165) is 38.1 Å². The standard InChI is InChI=1S/C19H22FN3O3S.ClH/c20-16-3-7-18(8-4-16)27(25,26)23-17-5-1-15(2-6-17)19(24)22-12-10-14-9-11-21-13-14;/h1-8,14,21,23H,9-13H2,(H,22,24);1H. The van der Waals surface area contributed by atoms with E-state index in [0.29, 0.717) is 23.7 Å². The van der Waals surface area contributed by atoms with Crippen LogP contribution in [0.2, 0.25) is 0 Å². The van der Waals surface area contributed by atoms with Gasteiger partial charge in [0.05, 0.1) is 4.90 Å². The van der Waals surface area contributed by atoms with Crippen molar-refractivity contribution in [2.24, 2.45) is 5.92 Å². The molecule has 0 radical (unpaired) electrons. The van der Waals surface area contributed by atoms with Gasteiger partial charge in [0.1, 0.15) is 5.82 Å². The molecule has 28 heavy (non-hydrogen) atoms. The molecule has 2 aromatic rings. The van der Waals surface area contributed by atoms with Crippen LogP contribution in [0.4, 0.5) is 10.1 Å². The second kappa shape index (κ2) is 9.86. The SMILES string of the molecule is Cl.O=C(NCCC1CCNC1)c1ccc(NS(=O)(=O)c2ccc(F)cc2)cc1. The van der Waals surface area contributed by atoms with Crippen molar-refractivity contribution in [3.8, 4) is 0 Å². The van der Waals surface area contributed by atoms with E-state index in [2.05, 4.69) is 15.4 Å². The first-order chi connectivity index (χ1) is 12.9. The third kappa shape index (κ3) is 5.92. The highest BCUT2D eigenvalue weighted by atomic mass is 35.5. The molecule has 0 saturated carbocycles. The van der Waals surface area contributed by atoms with Gasteiger partial charge in [0.2, 0.25) is 0 Å². The number of carbonyl (C=O) groups is 1. The Hall–Kier alpha value is -2.16. The summed E-state index contributed by atoms with van der Waals surface area (Å²) in [5, 5.41) is 6.18. The van der Waals surface area contributed by atoms with Crippen molar-refractivity contribution in [1.29, 1.82) is 0 Å². The molecule has 0 aromatic heterocycles. The van der Waals surface area contributed by atoms with Gasteiger partial charge in [-0.2, -0.15) is 0 Å². The number of nitrogens with one attached hydrogen (secondary N) is 3. The Bertz CT molecular complexity index is 884. The Morgan fingerprint density at radius 1 is 1.11 bits per heavy atom. The van der Waals surface area contributed by atoms with Gasteiger partial charge >= 0.3 is 0 Å². The van der Waals surface area contributed by atoms with E-state index in [1.54, 1.807) is 12.1 Å². The van der Waals surface area contributed by atoms with Crippen molar-refractivity contribution in [3.63, 3.8) is 0 Å². The van der Waals surface area contributed by atoms with Crippen molar-refractivity contribution in [2.45, 2.75) is 17.7 Å². The topological polar surface area (TPSA) is 87.3 Å². The fourth-order valence-electron chi connectivity index (χ4n) is 2.97. The zero-order valence-electron chi connectivity index (χ0n) is 15.2. The largest absolute Gasteiger partial charge is 0.352 e. The van der Waals surface area contributed by atoms with Crippen molar-refractivity contribution in [2.75, 3.05) is 24.4 Å². The Balaban J connectivity index is 0.00000280. The number of anilines is 1. The highest BCUT2D eigenvalue weighted by Gasteiger charge is 2.16. The van der Waals surface area contributed by atoms with Crippen LogP contribution in [-0.4, -0.2) is 34.0 Å². The van der Waals surface area contributed by atoms with E-state index < -0.39 is 15.8 Å². The van der Waals surface area contributed by atoms with Crippen LogP contribution in [0.25, 0.3) is 0 Å². The molecule has 1 aliphatic rings. The maximum atomic E-state index is 12.9. The summed E-state index contributed by atoms with van der Waals surface area (Å²) in [5.74, 6) is -0.0871. The first kappa shape index (κ1) is 22.1. The van der Waals surface area contributed by atoms with Crippen LogP contribution in [0, 0.1) is 11.7 Å². The minimum atomic E-state index is -3.81. The van der Waals surface area contributed by atoms with Gasteiger partial charge in [0.15, 0.2) is 0 Å². The number of amides is 1. The Labute approximate surface area is 170 Å². The van der Waals surface area contributed by atoms with E-state index in [1.165, 1.54) is 24.3 Å². The number of carbonyl (C=O) groups excluding carboxylic acids is 1. The summed E-state index contributed by atoms with van der Waals surface area (Å²) in [6.07, 6.45) is 2.08. The van der Waals surface area contributed by atoms with Gasteiger partial charge in [-0.1, -0.05) is 0 Å². The maximum Gasteiger partial charge on any atom is 0.261 e. The first-order valence-electron chi connectivity index (χ1n) is 8.81. The fraction of sp³-hybridized carbons (Fsp3) is 0.316. The number of hydrogen-bond donors (Lipinski definition) is 3. The predicted octanol–water partition coefficient (Wildman–Crippen LogP) is 2.78. The first-order valence-corrected chi connectivity index (χ1v) is 10.3. The molecule has 9 heteroatoms. The summed E-state index contributed by atoms with van der Waals surface area (Å²) < 4.78 is 39.9. The Morgan fingerprint density at radius 2 is 1.79 bits per heavy atom. The molecule has 1 unspecified atom stereocenters. The average molecular weight is 428 g/mol. The number of benzene rings is 2. The second-order valence-electron chi connectivity index (χ2n) is 6.54. The van der Waals surface area contributed by atoms with Crippen LogP contribution >= 0.6 is 12.4 Å². The van der Waals surface area contributed by atoms with Crippen LogP contribution in [0.5, 0.6) is 0 Å². The van der Waals surface area contributed by atoms with E-state index in [4.69, 9.17) is 0 Å². The van der Waals surface area contributed by atoms with Crippen LogP contribution < -0.4 is 15.4 Å². The van der Waals surface area contributed by atoms with Gasteiger partial charge in [-0.05, 0) is 80.4 Å². The van der Waals surface area contributed by atoms with E-state index in [9.17, 15) is 17.6 Å². The molecule has 0 spiro atoms. The van der Waals surface area contributed by atoms with E-state index >= 15 is 0 Å². The maximum absolute atomic E-state index is 12.9. The number of sulfonamides is 1. The van der Waals surface area contributed by atoms with Crippen molar-refractivity contribution in [1.82, 2.24) is 10.6 Å². The van der Waals surface area contributed by atoms with E-state index in [1.807, 2.05) is 0 Å². The predicted molar refractivity (Wildman–Crippen MR) is 109 cm³/mol. The molecular weight excluding hydrogens is 405 g/mol. The Kier molecular flexibility index (Phi) is 7.79. The van der Waals surface area contributed by atoms with Crippen LogP contribution in [-0.2, 0) is 10.0 Å². The van der Waals surface area contributed by atoms with Gasteiger partial charge in [-0.25, -0.2) is 12.8 Å². The van der Waals surface area contributed by atoms with Gasteiger partial charge in [0.25, 0.3) is 15.9 Å². The third-order valence-electron chi connectivity index (χ3n) is 4.52. The molecule has 3 N–H and O–H groups in total. The van der Waals surface area contributed by atoms with Crippen LogP contribution in [0.15, 0.2) is 53.4 Å². The van der Waals surface area contributed by atoms with Gasteiger partial charge < -0.3 is 10.6 Å². The monoisotopic (exact) mass is 427 g/mol. The number of halogens is 2. The summed E-state index contributed by atoms with van der Waals surface area (Å²) >= 11 is 0. The van der Waals surface area contributed by atoms with Crippen LogP contribution in [0.3, 0.4) is 0 Å².